The van der Waals surface area contributed by atoms with E-state index in [-0.39, 0.29) is 6.79 Å². The first-order valence-corrected chi connectivity index (χ1v) is 6.95. The standard InChI is InChI=1S/C14H18F2N2O3/c15-14(16,8-19)13(18-5-3-17-4-6-18)10-1-2-11-12(7-10)21-9-20-11/h1-2,7,13,17,19H,3-6,8-9H2/t13-/m0/s1. The molecule has 0 unspecified atom stereocenters. The Morgan fingerprint density at radius 2 is 1.95 bits per heavy atom. The highest BCUT2D eigenvalue weighted by atomic mass is 19.3. The van der Waals surface area contributed by atoms with Crippen LogP contribution in [0.4, 0.5) is 8.78 Å². The summed E-state index contributed by atoms with van der Waals surface area (Å²) in [5.41, 5.74) is 0.431. The van der Waals surface area contributed by atoms with E-state index in [1.165, 1.54) is 0 Å². The minimum atomic E-state index is -3.22. The number of hydrogen-bond donors (Lipinski definition) is 2. The Bertz CT molecular complexity index is 507. The van der Waals surface area contributed by atoms with E-state index in [4.69, 9.17) is 14.6 Å². The van der Waals surface area contributed by atoms with Crippen LogP contribution < -0.4 is 14.8 Å². The van der Waals surface area contributed by atoms with Crippen LogP contribution in [0, 0.1) is 0 Å². The highest BCUT2D eigenvalue weighted by Crippen LogP contribution is 2.41. The fourth-order valence-corrected chi connectivity index (χ4v) is 2.83. The molecule has 2 heterocycles. The van der Waals surface area contributed by atoms with Crippen molar-refractivity contribution in [1.82, 2.24) is 10.2 Å². The second-order valence-corrected chi connectivity index (χ2v) is 5.22. The van der Waals surface area contributed by atoms with Crippen LogP contribution in [0.2, 0.25) is 0 Å². The van der Waals surface area contributed by atoms with E-state index >= 15 is 0 Å². The van der Waals surface area contributed by atoms with Gasteiger partial charge in [-0.15, -0.1) is 0 Å². The Morgan fingerprint density at radius 1 is 1.24 bits per heavy atom. The highest BCUT2D eigenvalue weighted by molar-refractivity contribution is 5.45. The van der Waals surface area contributed by atoms with Gasteiger partial charge in [0.05, 0.1) is 0 Å². The summed E-state index contributed by atoms with van der Waals surface area (Å²) in [5.74, 6) is -2.18. The Labute approximate surface area is 121 Å². The summed E-state index contributed by atoms with van der Waals surface area (Å²) in [7, 11) is 0. The number of nitrogens with one attached hydrogen (secondary N) is 1. The van der Waals surface area contributed by atoms with Gasteiger partial charge in [0, 0.05) is 26.2 Å². The SMILES string of the molecule is OCC(F)(F)[C@H](c1ccc2c(c1)OCO2)N1CCNCC1. The molecule has 21 heavy (non-hydrogen) atoms. The topological polar surface area (TPSA) is 54.0 Å². The zero-order chi connectivity index (χ0) is 14.9. The van der Waals surface area contributed by atoms with Gasteiger partial charge in [-0.25, -0.2) is 8.78 Å². The number of nitrogens with zero attached hydrogens (tertiary/aromatic N) is 1. The normalized spacial score (nSPS) is 20.5. The minimum Gasteiger partial charge on any atom is -0.454 e. The van der Waals surface area contributed by atoms with Crippen LogP contribution in [0.25, 0.3) is 0 Å². The van der Waals surface area contributed by atoms with Crippen LogP contribution in [-0.2, 0) is 0 Å². The quantitative estimate of drug-likeness (QED) is 0.868. The van der Waals surface area contributed by atoms with Crippen molar-refractivity contribution < 1.29 is 23.4 Å². The molecule has 1 aromatic carbocycles. The number of fused-ring (bicyclic) bond motifs is 1. The molecule has 0 aromatic heterocycles. The van der Waals surface area contributed by atoms with E-state index in [0.29, 0.717) is 43.2 Å². The summed E-state index contributed by atoms with van der Waals surface area (Å²) in [6, 6.07) is 3.67. The third kappa shape index (κ3) is 2.81. The van der Waals surface area contributed by atoms with Crippen LogP contribution in [0.15, 0.2) is 18.2 Å². The van der Waals surface area contributed by atoms with Crippen molar-refractivity contribution in [3.8, 4) is 11.5 Å². The number of hydrogen-bond acceptors (Lipinski definition) is 5. The summed E-state index contributed by atoms with van der Waals surface area (Å²) in [4.78, 5) is 1.70. The van der Waals surface area contributed by atoms with Gasteiger partial charge in [-0.1, -0.05) is 6.07 Å². The Morgan fingerprint density at radius 3 is 2.67 bits per heavy atom. The molecule has 0 saturated carbocycles. The lowest BCUT2D eigenvalue weighted by atomic mass is 9.97. The Kier molecular flexibility index (Phi) is 3.97. The lowest BCUT2D eigenvalue weighted by Gasteiger charge is -2.38. The summed E-state index contributed by atoms with van der Waals surface area (Å²) in [6.45, 7) is 1.25. The molecule has 3 rings (SSSR count). The number of ether oxygens (including phenoxy) is 2. The van der Waals surface area contributed by atoms with Crippen LogP contribution in [0.1, 0.15) is 11.6 Å². The van der Waals surface area contributed by atoms with Crippen molar-refractivity contribution in [3.05, 3.63) is 23.8 Å². The number of alkyl halides is 2. The van der Waals surface area contributed by atoms with Gasteiger partial charge in [0.2, 0.25) is 6.79 Å². The van der Waals surface area contributed by atoms with Crippen LogP contribution in [-0.4, -0.2) is 55.5 Å². The smallest absolute Gasteiger partial charge is 0.289 e. The maximum atomic E-state index is 14.3. The highest BCUT2D eigenvalue weighted by Gasteiger charge is 2.44. The molecule has 1 fully saturated rings. The Hall–Kier alpha value is -1.44. The van der Waals surface area contributed by atoms with Crippen LogP contribution in [0.5, 0.6) is 11.5 Å². The maximum absolute atomic E-state index is 14.3. The average Bonchev–Trinajstić information content (AvgIpc) is 2.96. The largest absolute Gasteiger partial charge is 0.454 e. The first kappa shape index (κ1) is 14.5. The van der Waals surface area contributed by atoms with E-state index in [1.54, 1.807) is 23.1 Å². The zero-order valence-corrected chi connectivity index (χ0v) is 11.5. The minimum absolute atomic E-state index is 0.105. The zero-order valence-electron chi connectivity index (χ0n) is 11.5. The molecule has 1 aromatic rings. The van der Waals surface area contributed by atoms with Gasteiger partial charge in [-0.3, -0.25) is 4.90 Å². The summed E-state index contributed by atoms with van der Waals surface area (Å²) in [6.07, 6.45) is 0. The summed E-state index contributed by atoms with van der Waals surface area (Å²) >= 11 is 0. The molecule has 0 radical (unpaired) electrons. The summed E-state index contributed by atoms with van der Waals surface area (Å²) < 4.78 is 39.0. The van der Waals surface area contributed by atoms with Gasteiger partial charge >= 0.3 is 0 Å². The molecule has 1 saturated heterocycles. The third-order valence-corrected chi connectivity index (χ3v) is 3.84. The van der Waals surface area contributed by atoms with Crippen molar-refractivity contribution in [2.24, 2.45) is 0 Å². The van der Waals surface area contributed by atoms with Gasteiger partial charge in [0.1, 0.15) is 12.6 Å². The molecule has 7 heteroatoms. The van der Waals surface area contributed by atoms with E-state index < -0.39 is 18.6 Å². The molecular weight excluding hydrogens is 282 g/mol. The molecule has 1 atom stereocenters. The van der Waals surface area contributed by atoms with E-state index in [2.05, 4.69) is 5.32 Å². The number of benzene rings is 1. The molecule has 116 valence electrons. The molecule has 0 spiro atoms. The van der Waals surface area contributed by atoms with E-state index in [9.17, 15) is 8.78 Å². The number of halogens is 2. The number of piperazine rings is 1. The van der Waals surface area contributed by atoms with Crippen molar-refractivity contribution in [2.75, 3.05) is 39.6 Å². The summed E-state index contributed by atoms with van der Waals surface area (Å²) in [5, 5.41) is 12.2. The van der Waals surface area contributed by atoms with Crippen LogP contribution >= 0.6 is 0 Å². The molecule has 0 bridgehead atoms. The predicted octanol–water partition coefficient (Wildman–Crippen LogP) is 0.989. The molecular formula is C14H18F2N2O3. The maximum Gasteiger partial charge on any atom is 0.289 e. The van der Waals surface area contributed by atoms with Gasteiger partial charge in [-0.2, -0.15) is 0 Å². The average molecular weight is 300 g/mol. The molecule has 2 N–H and O–H groups in total. The van der Waals surface area contributed by atoms with Crippen molar-refractivity contribution in [2.45, 2.75) is 12.0 Å². The monoisotopic (exact) mass is 300 g/mol. The van der Waals surface area contributed by atoms with Crippen molar-refractivity contribution in [3.63, 3.8) is 0 Å². The lowest BCUT2D eigenvalue weighted by molar-refractivity contribution is -0.118. The van der Waals surface area contributed by atoms with Gasteiger partial charge < -0.3 is 19.9 Å². The van der Waals surface area contributed by atoms with Crippen molar-refractivity contribution in [1.29, 1.82) is 0 Å². The first-order valence-electron chi connectivity index (χ1n) is 6.95. The second-order valence-electron chi connectivity index (χ2n) is 5.22. The molecule has 0 amide bonds. The van der Waals surface area contributed by atoms with Crippen LogP contribution in [0.3, 0.4) is 0 Å². The third-order valence-electron chi connectivity index (χ3n) is 3.84. The van der Waals surface area contributed by atoms with E-state index in [1.807, 2.05) is 0 Å². The van der Waals surface area contributed by atoms with E-state index in [0.717, 1.165) is 0 Å². The van der Waals surface area contributed by atoms with Gasteiger partial charge in [0.15, 0.2) is 11.5 Å². The molecule has 2 aliphatic heterocycles. The number of aliphatic hydroxyl groups excluding tert-OH is 1. The Balaban J connectivity index is 1.94. The predicted molar refractivity (Wildman–Crippen MR) is 71.8 cm³/mol. The van der Waals surface area contributed by atoms with Gasteiger partial charge in [0.25, 0.3) is 5.92 Å². The molecule has 0 aliphatic carbocycles. The first-order chi connectivity index (χ1) is 10.1. The fourth-order valence-electron chi connectivity index (χ4n) is 2.83. The molecule has 5 nitrogen and oxygen atoms in total. The fraction of sp³-hybridized carbons (Fsp3) is 0.571. The number of rotatable bonds is 4. The molecule has 2 aliphatic rings. The lowest BCUT2D eigenvalue weighted by Crippen LogP contribution is -2.51. The second kappa shape index (κ2) is 5.75. The van der Waals surface area contributed by atoms with Crippen molar-refractivity contribution >= 4 is 0 Å². The number of aliphatic hydroxyl groups is 1. The van der Waals surface area contributed by atoms with Gasteiger partial charge in [-0.05, 0) is 17.7 Å².